The number of thioether (sulfide) groups is 1. The number of halogens is 2. The maximum Gasteiger partial charge on any atom is 0.341 e. The van der Waals surface area contributed by atoms with Crippen LogP contribution in [0.4, 0.5) is 14.5 Å². The molecule has 0 amide bonds. The highest BCUT2D eigenvalue weighted by Gasteiger charge is 2.26. The molecule has 1 saturated heterocycles. The van der Waals surface area contributed by atoms with Crippen LogP contribution in [-0.2, 0) is 9.84 Å². The van der Waals surface area contributed by atoms with Crippen LogP contribution in [0.25, 0.3) is 0 Å². The molecule has 7 heteroatoms. The summed E-state index contributed by atoms with van der Waals surface area (Å²) in [4.78, 5) is -0.343. The molecular formula is C13H17F2NO2S2. The Morgan fingerprint density at radius 2 is 1.95 bits per heavy atom. The summed E-state index contributed by atoms with van der Waals surface area (Å²) in [6.07, 6.45) is 3.68. The van der Waals surface area contributed by atoms with E-state index in [4.69, 9.17) is 0 Å². The van der Waals surface area contributed by atoms with Crippen molar-refractivity contribution in [2.75, 3.05) is 17.6 Å². The zero-order valence-electron chi connectivity index (χ0n) is 10.9. The fourth-order valence-corrected chi connectivity index (χ4v) is 4.03. The number of alkyl halides is 2. The lowest BCUT2D eigenvalue weighted by Gasteiger charge is -2.22. The smallest absolute Gasteiger partial charge is 0.341 e. The van der Waals surface area contributed by atoms with E-state index < -0.39 is 15.6 Å². The normalized spacial score (nSPS) is 20.1. The van der Waals surface area contributed by atoms with E-state index >= 15 is 0 Å². The first-order valence-corrected chi connectivity index (χ1v) is 9.07. The molecule has 0 aliphatic carbocycles. The summed E-state index contributed by atoms with van der Waals surface area (Å²) in [7, 11) is -4.49. The highest BCUT2D eigenvalue weighted by Crippen LogP contribution is 2.26. The fourth-order valence-electron chi connectivity index (χ4n) is 2.07. The molecule has 1 N–H and O–H groups in total. The molecule has 3 nitrogen and oxygen atoms in total. The lowest BCUT2D eigenvalue weighted by atomic mass is 10.2. The van der Waals surface area contributed by atoms with Crippen molar-refractivity contribution in [3.8, 4) is 0 Å². The van der Waals surface area contributed by atoms with Gasteiger partial charge in [0.05, 0.1) is 4.90 Å². The van der Waals surface area contributed by atoms with Gasteiger partial charge in [0.15, 0.2) is 0 Å². The Hall–Kier alpha value is -0.820. The van der Waals surface area contributed by atoms with Gasteiger partial charge in [-0.3, -0.25) is 0 Å². The first-order chi connectivity index (χ1) is 9.50. The molecule has 0 bridgehead atoms. The van der Waals surface area contributed by atoms with E-state index in [0.717, 1.165) is 12.2 Å². The zero-order valence-corrected chi connectivity index (χ0v) is 12.5. The molecule has 112 valence electrons. The van der Waals surface area contributed by atoms with Crippen molar-refractivity contribution >= 4 is 27.3 Å². The summed E-state index contributed by atoms with van der Waals surface area (Å²) in [5.74, 6) is -2.20. The summed E-state index contributed by atoms with van der Waals surface area (Å²) in [6.45, 7) is 0.811. The van der Waals surface area contributed by atoms with Crippen LogP contribution in [0.2, 0.25) is 0 Å². The van der Waals surface area contributed by atoms with Crippen molar-refractivity contribution in [1.29, 1.82) is 0 Å². The molecule has 1 heterocycles. The average molecular weight is 321 g/mol. The third-order valence-corrected chi connectivity index (χ3v) is 6.02. The average Bonchev–Trinajstić information content (AvgIpc) is 2.46. The molecule has 0 spiro atoms. The number of anilines is 1. The number of hydrogen-bond acceptors (Lipinski definition) is 4. The minimum absolute atomic E-state index is 0.343. The largest absolute Gasteiger partial charge is 0.384 e. The van der Waals surface area contributed by atoms with E-state index in [1.807, 2.05) is 11.8 Å². The fraction of sp³-hybridized carbons (Fsp3) is 0.538. The number of rotatable bonds is 5. The van der Waals surface area contributed by atoms with Crippen molar-refractivity contribution in [2.45, 2.75) is 35.2 Å². The SMILES string of the molecule is O=S(=O)(c1ccc(NCC2CCCCS2)cc1)C(F)F. The molecule has 0 radical (unpaired) electrons. The van der Waals surface area contributed by atoms with Gasteiger partial charge in [0, 0.05) is 17.5 Å². The molecule has 1 unspecified atom stereocenters. The summed E-state index contributed by atoms with van der Waals surface area (Å²) < 4.78 is 47.3. The van der Waals surface area contributed by atoms with Crippen molar-refractivity contribution in [2.24, 2.45) is 0 Å². The van der Waals surface area contributed by atoms with Gasteiger partial charge in [-0.15, -0.1) is 0 Å². The van der Waals surface area contributed by atoms with Crippen LogP contribution in [-0.4, -0.2) is 31.7 Å². The Morgan fingerprint density at radius 1 is 1.25 bits per heavy atom. The number of nitrogens with one attached hydrogen (secondary N) is 1. The minimum atomic E-state index is -4.49. The van der Waals surface area contributed by atoms with E-state index in [-0.39, 0.29) is 4.90 Å². The molecule has 0 aromatic heterocycles. The zero-order chi connectivity index (χ0) is 14.6. The Bertz CT molecular complexity index is 526. The molecule has 2 rings (SSSR count). The molecule has 1 aliphatic heterocycles. The highest BCUT2D eigenvalue weighted by molar-refractivity contribution is 8.00. The quantitative estimate of drug-likeness (QED) is 0.903. The van der Waals surface area contributed by atoms with Crippen LogP contribution in [0.3, 0.4) is 0 Å². The molecule has 1 atom stereocenters. The van der Waals surface area contributed by atoms with Gasteiger partial charge in [-0.1, -0.05) is 6.42 Å². The summed E-state index contributed by atoms with van der Waals surface area (Å²) in [5.41, 5.74) is 0.754. The second-order valence-corrected chi connectivity index (χ2v) is 8.03. The molecule has 1 fully saturated rings. The van der Waals surface area contributed by atoms with Gasteiger partial charge in [-0.2, -0.15) is 20.5 Å². The predicted octanol–water partition coefficient (Wildman–Crippen LogP) is 3.38. The minimum Gasteiger partial charge on any atom is -0.384 e. The van der Waals surface area contributed by atoms with Crippen LogP contribution in [0.1, 0.15) is 19.3 Å². The predicted molar refractivity (Wildman–Crippen MR) is 78.2 cm³/mol. The number of hydrogen-bond donors (Lipinski definition) is 1. The van der Waals surface area contributed by atoms with Gasteiger partial charge in [0.2, 0.25) is 9.84 Å². The first kappa shape index (κ1) is 15.6. The second-order valence-electron chi connectivity index (χ2n) is 4.70. The van der Waals surface area contributed by atoms with E-state index in [1.54, 1.807) is 0 Å². The van der Waals surface area contributed by atoms with Crippen LogP contribution < -0.4 is 5.32 Å². The van der Waals surface area contributed by atoms with Crippen molar-refractivity contribution < 1.29 is 17.2 Å². The Balaban J connectivity index is 1.94. The van der Waals surface area contributed by atoms with Crippen LogP contribution in [0, 0.1) is 0 Å². The number of sulfone groups is 1. The topological polar surface area (TPSA) is 46.2 Å². The first-order valence-electron chi connectivity index (χ1n) is 6.48. The van der Waals surface area contributed by atoms with Crippen molar-refractivity contribution in [3.63, 3.8) is 0 Å². The van der Waals surface area contributed by atoms with Gasteiger partial charge < -0.3 is 5.32 Å². The monoisotopic (exact) mass is 321 g/mol. The standard InChI is InChI=1S/C13H17F2NO2S2/c14-13(15)20(17,18)12-6-4-10(5-7-12)16-9-11-3-1-2-8-19-11/h4-7,11,13,16H,1-3,8-9H2. The highest BCUT2D eigenvalue weighted by atomic mass is 32.2. The van der Waals surface area contributed by atoms with E-state index in [2.05, 4.69) is 5.32 Å². The van der Waals surface area contributed by atoms with Gasteiger partial charge in [-0.25, -0.2) is 8.42 Å². The van der Waals surface area contributed by atoms with Gasteiger partial charge in [-0.05, 0) is 42.9 Å². The molecule has 1 aliphatic rings. The Morgan fingerprint density at radius 3 is 2.50 bits per heavy atom. The summed E-state index contributed by atoms with van der Waals surface area (Å²) in [6, 6.07) is 5.50. The molecular weight excluding hydrogens is 304 g/mol. The van der Waals surface area contributed by atoms with E-state index in [1.165, 1.54) is 49.3 Å². The summed E-state index contributed by atoms with van der Waals surface area (Å²) in [5, 5.41) is 3.78. The molecule has 20 heavy (non-hydrogen) atoms. The summed E-state index contributed by atoms with van der Waals surface area (Å²) >= 11 is 1.94. The second kappa shape index (κ2) is 6.76. The van der Waals surface area contributed by atoms with Gasteiger partial charge >= 0.3 is 5.76 Å². The Kier molecular flexibility index (Phi) is 5.26. The van der Waals surface area contributed by atoms with Crippen LogP contribution in [0.5, 0.6) is 0 Å². The lowest BCUT2D eigenvalue weighted by Crippen LogP contribution is -2.20. The number of benzene rings is 1. The van der Waals surface area contributed by atoms with Gasteiger partial charge in [0.25, 0.3) is 0 Å². The maximum atomic E-state index is 12.4. The molecule has 1 aromatic carbocycles. The Labute approximate surface area is 122 Å². The van der Waals surface area contributed by atoms with E-state index in [0.29, 0.717) is 5.25 Å². The lowest BCUT2D eigenvalue weighted by molar-refractivity contribution is 0.234. The maximum absolute atomic E-state index is 12.4. The molecule has 1 aromatic rings. The van der Waals surface area contributed by atoms with Crippen molar-refractivity contribution in [1.82, 2.24) is 0 Å². The third kappa shape index (κ3) is 3.85. The van der Waals surface area contributed by atoms with Gasteiger partial charge in [0.1, 0.15) is 0 Å². The van der Waals surface area contributed by atoms with Crippen molar-refractivity contribution in [3.05, 3.63) is 24.3 Å². The van der Waals surface area contributed by atoms with E-state index in [9.17, 15) is 17.2 Å². The van der Waals surface area contributed by atoms with Crippen LogP contribution in [0.15, 0.2) is 29.2 Å². The third-order valence-electron chi connectivity index (χ3n) is 3.23. The molecule has 0 saturated carbocycles. The van der Waals surface area contributed by atoms with Crippen LogP contribution >= 0.6 is 11.8 Å².